The fraction of sp³-hybridized carbons (Fsp3) is 0.414. The monoisotopic (exact) mass is 510 g/mol. The molecule has 38 heavy (non-hydrogen) atoms. The van der Waals surface area contributed by atoms with Crippen LogP contribution in [-0.2, 0) is 17.4 Å². The summed E-state index contributed by atoms with van der Waals surface area (Å²) in [7, 11) is 0. The minimum absolute atomic E-state index is 0.0444. The molecular weight excluding hydrogens is 476 g/mol. The maximum atomic E-state index is 13.0. The predicted octanol–water partition coefficient (Wildman–Crippen LogP) is 4.82. The molecule has 1 aromatic carbocycles. The average Bonchev–Trinajstić information content (AvgIpc) is 2.83. The molecule has 2 aromatic heterocycles. The predicted molar refractivity (Wildman–Crippen MR) is 148 cm³/mol. The molecule has 4 N–H and O–H groups in total. The zero-order chi connectivity index (χ0) is 26.9. The number of amides is 1. The summed E-state index contributed by atoms with van der Waals surface area (Å²) in [5, 5.41) is 22.7. The molecule has 9 nitrogen and oxygen atoms in total. The Bertz CT molecular complexity index is 1400. The maximum Gasteiger partial charge on any atom is 0.256 e. The highest BCUT2D eigenvalue weighted by molar-refractivity contribution is 5.99. The summed E-state index contributed by atoms with van der Waals surface area (Å²) >= 11 is 0. The Balaban J connectivity index is 1.45. The molecule has 2 aliphatic rings. The zero-order valence-electron chi connectivity index (χ0n) is 22.4. The first-order chi connectivity index (χ1) is 18.2. The number of fused-ring (bicyclic) bond motifs is 1. The number of nitrogens with zero attached hydrogens (tertiary/aromatic N) is 4. The Morgan fingerprint density at radius 2 is 1.95 bits per heavy atom. The van der Waals surface area contributed by atoms with Gasteiger partial charge in [-0.1, -0.05) is 26.0 Å². The van der Waals surface area contributed by atoms with Gasteiger partial charge in [0, 0.05) is 36.4 Å². The minimum Gasteiger partial charge on any atom is -0.350 e. The number of carbonyl (C=O) groups excluding carboxylic acids is 1. The van der Waals surface area contributed by atoms with Gasteiger partial charge in [0.05, 0.1) is 17.2 Å². The van der Waals surface area contributed by atoms with Crippen molar-refractivity contribution in [2.75, 3.05) is 17.2 Å². The molecule has 1 fully saturated rings. The van der Waals surface area contributed by atoms with Crippen molar-refractivity contribution in [2.45, 2.75) is 70.4 Å². The van der Waals surface area contributed by atoms with Gasteiger partial charge in [-0.25, -0.2) is 9.97 Å². The van der Waals surface area contributed by atoms with Crippen LogP contribution in [0.4, 0.5) is 23.3 Å². The van der Waals surface area contributed by atoms with E-state index in [0.29, 0.717) is 23.1 Å². The summed E-state index contributed by atoms with van der Waals surface area (Å²) < 4.78 is 0. The van der Waals surface area contributed by atoms with Crippen molar-refractivity contribution in [1.29, 1.82) is 5.26 Å². The van der Waals surface area contributed by atoms with E-state index in [1.54, 1.807) is 0 Å². The number of hydrogen-bond donors (Lipinski definition) is 4. The molecule has 0 unspecified atom stereocenters. The molecule has 1 amide bonds. The normalized spacial score (nSPS) is 17.1. The van der Waals surface area contributed by atoms with Crippen molar-refractivity contribution in [3.8, 4) is 6.07 Å². The lowest BCUT2D eigenvalue weighted by Gasteiger charge is -2.34. The average molecular weight is 511 g/mol. The number of hydrogen-bond acceptors (Lipinski definition) is 8. The molecule has 0 bridgehead atoms. The molecule has 196 valence electrons. The van der Waals surface area contributed by atoms with Crippen LogP contribution in [0.3, 0.4) is 0 Å². The van der Waals surface area contributed by atoms with Crippen molar-refractivity contribution < 1.29 is 4.79 Å². The number of carbonyl (C=O) groups is 1. The Morgan fingerprint density at radius 3 is 2.66 bits per heavy atom. The quantitative estimate of drug-likeness (QED) is 0.356. The van der Waals surface area contributed by atoms with Crippen LogP contribution in [0, 0.1) is 11.3 Å². The Kier molecular flexibility index (Phi) is 6.76. The van der Waals surface area contributed by atoms with Crippen molar-refractivity contribution in [1.82, 2.24) is 25.6 Å². The maximum absolute atomic E-state index is 13.0. The van der Waals surface area contributed by atoms with Crippen molar-refractivity contribution in [2.24, 2.45) is 0 Å². The van der Waals surface area contributed by atoms with Gasteiger partial charge in [0.1, 0.15) is 17.2 Å². The van der Waals surface area contributed by atoms with Gasteiger partial charge in [0.2, 0.25) is 5.95 Å². The van der Waals surface area contributed by atoms with Gasteiger partial charge in [-0.3, -0.25) is 4.79 Å². The van der Waals surface area contributed by atoms with E-state index >= 15 is 0 Å². The van der Waals surface area contributed by atoms with Crippen LogP contribution >= 0.6 is 0 Å². The highest BCUT2D eigenvalue weighted by Gasteiger charge is 2.40. The Morgan fingerprint density at radius 1 is 1.13 bits per heavy atom. The second-order valence-electron chi connectivity index (χ2n) is 11.1. The van der Waals surface area contributed by atoms with Gasteiger partial charge in [0.15, 0.2) is 0 Å². The second kappa shape index (κ2) is 10.0. The summed E-state index contributed by atoms with van der Waals surface area (Å²) in [6.07, 6.45) is 4.14. The largest absolute Gasteiger partial charge is 0.350 e. The van der Waals surface area contributed by atoms with Crippen LogP contribution in [-0.4, -0.2) is 33.4 Å². The number of nitrogens with one attached hydrogen (secondary N) is 4. The minimum atomic E-state index is -0.538. The Labute approximate surface area is 223 Å². The topological polar surface area (TPSA) is 128 Å². The van der Waals surface area contributed by atoms with Crippen molar-refractivity contribution in [3.05, 3.63) is 65.0 Å². The first-order valence-corrected chi connectivity index (χ1v) is 13.1. The number of nitriles is 1. The molecule has 1 aliphatic heterocycles. The summed E-state index contributed by atoms with van der Waals surface area (Å²) in [5.41, 5.74) is 4.02. The number of benzene rings is 1. The molecule has 1 saturated carbocycles. The van der Waals surface area contributed by atoms with Crippen LogP contribution in [0.1, 0.15) is 74.1 Å². The molecular formula is C29H34N8O. The molecule has 9 heteroatoms. The second-order valence-corrected chi connectivity index (χ2v) is 11.1. The number of pyridine rings is 1. The van der Waals surface area contributed by atoms with E-state index in [2.05, 4.69) is 63.3 Å². The standard InChI is InChI=1S/C29H34N8O/c1-18(2)33-26(38)21-15-32-27(34-20-9-10-22-19(13-20)14-31-17-28(22,3)4)37-25(21)36-24-8-5-7-23(35-24)29(16-30)11-6-12-29/h5,7-10,13,15,18,31H,6,11-12,14,17H2,1-4H3,(H,33,38)(H2,32,34,35,36,37). The van der Waals surface area contributed by atoms with Gasteiger partial charge in [-0.15, -0.1) is 0 Å². The van der Waals surface area contributed by atoms with Gasteiger partial charge in [-0.05, 0) is 68.5 Å². The van der Waals surface area contributed by atoms with Gasteiger partial charge >= 0.3 is 0 Å². The number of anilines is 4. The molecule has 1 aliphatic carbocycles. The Hall–Kier alpha value is -4.03. The SMILES string of the molecule is CC(C)NC(=O)c1cnc(Nc2ccc3c(c2)CNCC3(C)C)nc1Nc1cccc(C2(C#N)CCC2)n1. The summed E-state index contributed by atoms with van der Waals surface area (Å²) in [5.74, 6) is 0.944. The van der Waals surface area contributed by atoms with E-state index < -0.39 is 5.41 Å². The summed E-state index contributed by atoms with van der Waals surface area (Å²) in [6, 6.07) is 14.3. The smallest absolute Gasteiger partial charge is 0.256 e. The number of aromatic nitrogens is 3. The molecule has 5 rings (SSSR count). The third-order valence-corrected chi connectivity index (χ3v) is 7.33. The van der Waals surface area contributed by atoms with E-state index in [4.69, 9.17) is 4.98 Å². The van der Waals surface area contributed by atoms with Crippen LogP contribution in [0.5, 0.6) is 0 Å². The fourth-order valence-corrected chi connectivity index (χ4v) is 5.10. The van der Waals surface area contributed by atoms with E-state index in [0.717, 1.165) is 43.7 Å². The lowest BCUT2D eigenvalue weighted by Crippen LogP contribution is -2.38. The summed E-state index contributed by atoms with van der Waals surface area (Å²) in [6.45, 7) is 10.0. The molecule has 3 aromatic rings. The molecule has 0 radical (unpaired) electrons. The lowest BCUT2D eigenvalue weighted by molar-refractivity contribution is 0.0943. The third-order valence-electron chi connectivity index (χ3n) is 7.33. The summed E-state index contributed by atoms with van der Waals surface area (Å²) in [4.78, 5) is 26.8. The first kappa shape index (κ1) is 25.6. The third kappa shape index (κ3) is 5.04. The molecule has 3 heterocycles. The highest BCUT2D eigenvalue weighted by atomic mass is 16.1. The zero-order valence-corrected chi connectivity index (χ0v) is 22.4. The fourth-order valence-electron chi connectivity index (χ4n) is 5.10. The van der Waals surface area contributed by atoms with Crippen LogP contribution < -0.4 is 21.3 Å². The number of rotatable bonds is 7. The molecule has 0 atom stereocenters. The van der Waals surface area contributed by atoms with Crippen LogP contribution in [0.2, 0.25) is 0 Å². The van der Waals surface area contributed by atoms with Gasteiger partial charge in [-0.2, -0.15) is 10.2 Å². The van der Waals surface area contributed by atoms with E-state index in [1.165, 1.54) is 17.3 Å². The molecule has 0 spiro atoms. The van der Waals surface area contributed by atoms with Crippen LogP contribution in [0.25, 0.3) is 0 Å². The molecule has 0 saturated heterocycles. The first-order valence-electron chi connectivity index (χ1n) is 13.1. The van der Waals surface area contributed by atoms with E-state index in [9.17, 15) is 10.1 Å². The van der Waals surface area contributed by atoms with Crippen molar-refractivity contribution in [3.63, 3.8) is 0 Å². The highest BCUT2D eigenvalue weighted by Crippen LogP contribution is 2.42. The van der Waals surface area contributed by atoms with Crippen LogP contribution in [0.15, 0.2) is 42.6 Å². The van der Waals surface area contributed by atoms with Crippen molar-refractivity contribution >= 4 is 29.2 Å². The van der Waals surface area contributed by atoms with Gasteiger partial charge in [0.25, 0.3) is 5.91 Å². The van der Waals surface area contributed by atoms with E-state index in [-0.39, 0.29) is 17.4 Å². The van der Waals surface area contributed by atoms with E-state index in [1.807, 2.05) is 38.1 Å². The lowest BCUT2D eigenvalue weighted by atomic mass is 9.67. The van der Waals surface area contributed by atoms with Gasteiger partial charge < -0.3 is 21.3 Å².